The van der Waals surface area contributed by atoms with Crippen molar-refractivity contribution in [2.45, 2.75) is 33.1 Å². The molecule has 0 unspecified atom stereocenters. The van der Waals surface area contributed by atoms with Crippen molar-refractivity contribution in [3.05, 3.63) is 41.1 Å². The fraction of sp³-hybridized carbons (Fsp3) is 0.375. The maximum Gasteiger partial charge on any atom is 0.163 e. The number of rotatable bonds is 1. The molecule has 98 valence electrons. The van der Waals surface area contributed by atoms with Crippen LogP contribution in [0.1, 0.15) is 37.6 Å². The van der Waals surface area contributed by atoms with Crippen LogP contribution in [0.2, 0.25) is 0 Å². The number of hydrogen-bond donors (Lipinski definition) is 0. The van der Waals surface area contributed by atoms with Gasteiger partial charge < -0.3 is 0 Å². The second-order valence-corrected chi connectivity index (χ2v) is 5.93. The first-order valence-corrected chi connectivity index (χ1v) is 6.38. The van der Waals surface area contributed by atoms with Crippen molar-refractivity contribution in [2.24, 2.45) is 7.05 Å². The molecule has 0 aliphatic heterocycles. The van der Waals surface area contributed by atoms with Crippen LogP contribution in [0.5, 0.6) is 0 Å². The zero-order valence-electron chi connectivity index (χ0n) is 12.2. The van der Waals surface area contributed by atoms with Gasteiger partial charge in [0.25, 0.3) is 0 Å². The average Bonchev–Trinajstić information content (AvgIpc) is 2.69. The lowest BCUT2D eigenvalue weighted by atomic mass is 9.85. The highest BCUT2D eigenvalue weighted by atomic mass is 15.3. The second kappa shape index (κ2) is 4.55. The molecule has 0 atom stereocenters. The third-order valence-electron chi connectivity index (χ3n) is 3.37. The predicted octanol–water partition coefficient (Wildman–Crippen LogP) is 3.56. The smallest absolute Gasteiger partial charge is 0.163 e. The zero-order chi connectivity index (χ0) is 14.2. The Bertz CT molecular complexity index is 652. The summed E-state index contributed by atoms with van der Waals surface area (Å²) >= 11 is 0. The van der Waals surface area contributed by atoms with Crippen LogP contribution >= 0.6 is 0 Å². The van der Waals surface area contributed by atoms with E-state index in [4.69, 9.17) is 5.26 Å². The van der Waals surface area contributed by atoms with Gasteiger partial charge in [0.15, 0.2) is 5.69 Å². The Morgan fingerprint density at radius 1 is 1.21 bits per heavy atom. The normalized spacial score (nSPS) is 11.4. The molecule has 0 amide bonds. The molecule has 0 aliphatic carbocycles. The summed E-state index contributed by atoms with van der Waals surface area (Å²) < 4.78 is 1.77. The molecule has 19 heavy (non-hydrogen) atoms. The molecule has 0 radical (unpaired) electrons. The Hall–Kier alpha value is -2.08. The standard InChI is InChI=1S/C16H19N3/c1-11-6-7-12(16(2,3)4)8-14(11)15-9-13(10-17)18-19(15)5/h6-9H,1-5H3. The van der Waals surface area contributed by atoms with Crippen molar-refractivity contribution in [1.29, 1.82) is 5.26 Å². The second-order valence-electron chi connectivity index (χ2n) is 5.93. The Morgan fingerprint density at radius 2 is 1.89 bits per heavy atom. The van der Waals surface area contributed by atoms with Gasteiger partial charge in [-0.05, 0) is 29.5 Å². The van der Waals surface area contributed by atoms with Gasteiger partial charge >= 0.3 is 0 Å². The molecule has 0 spiro atoms. The molecule has 3 nitrogen and oxygen atoms in total. The van der Waals surface area contributed by atoms with Gasteiger partial charge in [0, 0.05) is 18.7 Å². The summed E-state index contributed by atoms with van der Waals surface area (Å²) in [6.07, 6.45) is 0. The van der Waals surface area contributed by atoms with Crippen molar-refractivity contribution in [2.75, 3.05) is 0 Å². The zero-order valence-corrected chi connectivity index (χ0v) is 12.2. The molecule has 0 fully saturated rings. The number of hydrogen-bond acceptors (Lipinski definition) is 2. The van der Waals surface area contributed by atoms with E-state index in [1.54, 1.807) is 4.68 Å². The van der Waals surface area contributed by atoms with Crippen LogP contribution < -0.4 is 0 Å². The van der Waals surface area contributed by atoms with Gasteiger partial charge in [-0.15, -0.1) is 0 Å². The number of nitriles is 1. The first-order valence-electron chi connectivity index (χ1n) is 6.38. The maximum atomic E-state index is 8.95. The van der Waals surface area contributed by atoms with E-state index in [0.717, 1.165) is 11.3 Å². The highest BCUT2D eigenvalue weighted by molar-refractivity contribution is 5.66. The number of aryl methyl sites for hydroxylation is 2. The van der Waals surface area contributed by atoms with E-state index in [0.29, 0.717) is 5.69 Å². The molecule has 1 aromatic carbocycles. The van der Waals surface area contributed by atoms with E-state index < -0.39 is 0 Å². The van der Waals surface area contributed by atoms with Crippen LogP contribution in [0.4, 0.5) is 0 Å². The Kier molecular flexibility index (Phi) is 3.20. The maximum absolute atomic E-state index is 8.95. The fourth-order valence-electron chi connectivity index (χ4n) is 2.14. The average molecular weight is 253 g/mol. The van der Waals surface area contributed by atoms with Crippen molar-refractivity contribution in [3.8, 4) is 17.3 Å². The monoisotopic (exact) mass is 253 g/mol. The van der Waals surface area contributed by atoms with E-state index in [-0.39, 0.29) is 5.41 Å². The van der Waals surface area contributed by atoms with Crippen molar-refractivity contribution >= 4 is 0 Å². The van der Waals surface area contributed by atoms with E-state index in [2.05, 4.69) is 57.1 Å². The topological polar surface area (TPSA) is 41.6 Å². The van der Waals surface area contributed by atoms with E-state index in [9.17, 15) is 0 Å². The molecule has 3 heteroatoms. The van der Waals surface area contributed by atoms with Gasteiger partial charge in [-0.25, -0.2) is 0 Å². The van der Waals surface area contributed by atoms with Gasteiger partial charge in [0.2, 0.25) is 0 Å². The minimum absolute atomic E-state index is 0.110. The molecule has 1 aromatic heterocycles. The third kappa shape index (κ3) is 2.53. The van der Waals surface area contributed by atoms with Crippen molar-refractivity contribution in [3.63, 3.8) is 0 Å². The molecule has 2 aromatic rings. The van der Waals surface area contributed by atoms with Gasteiger partial charge in [-0.1, -0.05) is 32.9 Å². The predicted molar refractivity (Wildman–Crippen MR) is 76.8 cm³/mol. The SMILES string of the molecule is Cc1ccc(C(C)(C)C)cc1-c1cc(C#N)nn1C. The van der Waals surface area contributed by atoms with Crippen molar-refractivity contribution < 1.29 is 0 Å². The summed E-state index contributed by atoms with van der Waals surface area (Å²) in [5.41, 5.74) is 5.18. The minimum atomic E-state index is 0.110. The summed E-state index contributed by atoms with van der Waals surface area (Å²) in [6, 6.07) is 10.4. The van der Waals surface area contributed by atoms with Crippen LogP contribution in [0.15, 0.2) is 24.3 Å². The summed E-state index contributed by atoms with van der Waals surface area (Å²) in [6.45, 7) is 8.68. The number of benzene rings is 1. The number of nitrogens with zero attached hydrogens (tertiary/aromatic N) is 3. The molecule has 2 rings (SSSR count). The molecule has 0 bridgehead atoms. The van der Waals surface area contributed by atoms with Gasteiger partial charge in [-0.3, -0.25) is 4.68 Å². The Balaban J connectivity index is 2.61. The molecule has 1 heterocycles. The van der Waals surface area contributed by atoms with E-state index in [1.807, 2.05) is 13.1 Å². The summed E-state index contributed by atoms with van der Waals surface area (Å²) in [4.78, 5) is 0. The van der Waals surface area contributed by atoms with E-state index >= 15 is 0 Å². The molecule has 0 saturated heterocycles. The molecule has 0 aliphatic rings. The molecular weight excluding hydrogens is 234 g/mol. The number of aromatic nitrogens is 2. The third-order valence-corrected chi connectivity index (χ3v) is 3.37. The fourth-order valence-corrected chi connectivity index (χ4v) is 2.14. The van der Waals surface area contributed by atoms with Gasteiger partial charge in [0.1, 0.15) is 6.07 Å². The highest BCUT2D eigenvalue weighted by Gasteiger charge is 2.17. The lowest BCUT2D eigenvalue weighted by molar-refractivity contribution is 0.590. The highest BCUT2D eigenvalue weighted by Crippen LogP contribution is 2.30. The lowest BCUT2D eigenvalue weighted by Crippen LogP contribution is -2.11. The van der Waals surface area contributed by atoms with Crippen LogP contribution in [-0.2, 0) is 12.5 Å². The molecular formula is C16H19N3. The summed E-state index contributed by atoms with van der Waals surface area (Å²) in [5, 5.41) is 13.1. The molecule has 0 N–H and O–H groups in total. The van der Waals surface area contributed by atoms with Crippen molar-refractivity contribution in [1.82, 2.24) is 9.78 Å². The van der Waals surface area contributed by atoms with Crippen LogP contribution in [0, 0.1) is 18.3 Å². The Morgan fingerprint density at radius 3 is 2.42 bits per heavy atom. The summed E-state index contributed by atoms with van der Waals surface area (Å²) in [7, 11) is 1.87. The Labute approximate surface area is 114 Å². The molecule has 0 saturated carbocycles. The first kappa shape index (κ1) is 13.4. The summed E-state index contributed by atoms with van der Waals surface area (Å²) in [5.74, 6) is 0. The first-order chi connectivity index (χ1) is 8.82. The largest absolute Gasteiger partial charge is 0.267 e. The van der Waals surface area contributed by atoms with Crippen LogP contribution in [0.3, 0.4) is 0 Å². The van der Waals surface area contributed by atoms with Gasteiger partial charge in [0.05, 0.1) is 5.69 Å². The minimum Gasteiger partial charge on any atom is -0.267 e. The van der Waals surface area contributed by atoms with Crippen LogP contribution in [0.25, 0.3) is 11.3 Å². The van der Waals surface area contributed by atoms with Crippen LogP contribution in [-0.4, -0.2) is 9.78 Å². The lowest BCUT2D eigenvalue weighted by Gasteiger charge is -2.20. The van der Waals surface area contributed by atoms with E-state index in [1.165, 1.54) is 11.1 Å². The van der Waals surface area contributed by atoms with Gasteiger partial charge in [-0.2, -0.15) is 10.4 Å². The quantitative estimate of drug-likeness (QED) is 0.779.